The molecule has 0 aliphatic rings. The number of hydrogen-bond donors (Lipinski definition) is 0. The first kappa shape index (κ1) is 18.8. The van der Waals surface area contributed by atoms with E-state index in [1.807, 2.05) is 21.0 Å². The monoisotopic (exact) mass is 372 g/mol. The van der Waals surface area contributed by atoms with Crippen molar-refractivity contribution in [2.75, 3.05) is 19.0 Å². The van der Waals surface area contributed by atoms with Gasteiger partial charge < -0.3 is 4.90 Å². The second-order valence-corrected chi connectivity index (χ2v) is 8.15. The minimum atomic E-state index is 0.0638. The fraction of sp³-hybridized carbons (Fsp3) is 0.550. The molecule has 3 aromatic heterocycles. The first-order chi connectivity index (χ1) is 12.5. The van der Waals surface area contributed by atoms with Crippen molar-refractivity contribution < 1.29 is 0 Å². The molecule has 0 spiro atoms. The minimum Gasteiger partial charge on any atom is -0.377 e. The minimum absolute atomic E-state index is 0.0638. The van der Waals surface area contributed by atoms with Crippen LogP contribution in [0.1, 0.15) is 51.1 Å². The van der Waals surface area contributed by atoms with E-state index in [9.17, 15) is 4.79 Å². The summed E-state index contributed by atoms with van der Waals surface area (Å²) in [7, 11) is 4.02. The molecular weight excluding hydrogens is 344 g/mol. The molecule has 0 aliphatic carbocycles. The molecule has 0 fully saturated rings. The average Bonchev–Trinajstić information content (AvgIpc) is 2.97. The van der Waals surface area contributed by atoms with Crippen molar-refractivity contribution in [1.82, 2.24) is 14.5 Å². The maximum atomic E-state index is 12.9. The maximum Gasteiger partial charge on any atom is 0.271 e. The predicted octanol–water partition coefficient (Wildman–Crippen LogP) is 4.74. The van der Waals surface area contributed by atoms with E-state index in [0.717, 1.165) is 44.8 Å². The highest BCUT2D eigenvalue weighted by molar-refractivity contribution is 7.25. The first-order valence-corrected chi connectivity index (χ1v) is 10.3. The van der Waals surface area contributed by atoms with Crippen LogP contribution in [-0.4, -0.2) is 28.6 Å². The van der Waals surface area contributed by atoms with E-state index >= 15 is 0 Å². The number of pyridine rings is 1. The Kier molecular flexibility index (Phi) is 5.91. The van der Waals surface area contributed by atoms with Gasteiger partial charge >= 0.3 is 0 Å². The number of rotatable bonds is 8. The molecule has 0 aromatic carbocycles. The molecule has 140 valence electrons. The second-order valence-electron chi connectivity index (χ2n) is 7.15. The molecule has 26 heavy (non-hydrogen) atoms. The average molecular weight is 373 g/mol. The topological polar surface area (TPSA) is 51.0 Å². The van der Waals surface area contributed by atoms with E-state index < -0.39 is 0 Å². The summed E-state index contributed by atoms with van der Waals surface area (Å²) in [5, 5.41) is 0.990. The third kappa shape index (κ3) is 3.75. The molecule has 0 unspecified atom stereocenters. The summed E-state index contributed by atoms with van der Waals surface area (Å²) in [6, 6.07) is 2.05. The van der Waals surface area contributed by atoms with Gasteiger partial charge in [0.1, 0.15) is 9.53 Å². The van der Waals surface area contributed by atoms with Crippen molar-refractivity contribution in [1.29, 1.82) is 0 Å². The van der Waals surface area contributed by atoms with Crippen LogP contribution < -0.4 is 10.5 Å². The van der Waals surface area contributed by atoms with Gasteiger partial charge in [-0.15, -0.1) is 11.3 Å². The molecule has 0 bridgehead atoms. The molecule has 0 amide bonds. The number of thiophene rings is 1. The Morgan fingerprint density at radius 1 is 1.15 bits per heavy atom. The number of anilines is 1. The third-order valence-corrected chi connectivity index (χ3v) is 5.82. The molecular formula is C20H28N4OS. The van der Waals surface area contributed by atoms with E-state index in [1.165, 1.54) is 43.4 Å². The van der Waals surface area contributed by atoms with Crippen molar-refractivity contribution in [2.24, 2.45) is 0 Å². The normalized spacial score (nSPS) is 11.5. The standard InChI is InChI=1S/C20H28N4OS/c1-5-6-7-8-9-10-11-24-13-21-17-16-15(23(3)4)12-14(2)22-19(16)26-18(17)20(24)25/h12-13H,5-11H2,1-4H3. The molecule has 3 rings (SSSR count). The van der Waals surface area contributed by atoms with E-state index in [-0.39, 0.29) is 5.56 Å². The van der Waals surface area contributed by atoms with Gasteiger partial charge in [0.2, 0.25) is 0 Å². The molecule has 3 aromatic rings. The lowest BCUT2D eigenvalue weighted by molar-refractivity contribution is 0.548. The molecule has 0 saturated carbocycles. The van der Waals surface area contributed by atoms with Gasteiger partial charge in [-0.05, 0) is 19.4 Å². The highest BCUT2D eigenvalue weighted by Crippen LogP contribution is 2.35. The van der Waals surface area contributed by atoms with Gasteiger partial charge in [0.25, 0.3) is 5.56 Å². The van der Waals surface area contributed by atoms with Crippen LogP contribution >= 0.6 is 11.3 Å². The summed E-state index contributed by atoms with van der Waals surface area (Å²) in [6.45, 7) is 4.96. The largest absolute Gasteiger partial charge is 0.377 e. The number of aryl methyl sites for hydroxylation is 2. The van der Waals surface area contributed by atoms with Gasteiger partial charge in [0, 0.05) is 26.3 Å². The Labute approximate surface area is 158 Å². The SMILES string of the molecule is CCCCCCCCn1cnc2c(sc3nc(C)cc(N(C)C)c32)c1=O. The predicted molar refractivity (Wildman–Crippen MR) is 112 cm³/mol. The van der Waals surface area contributed by atoms with E-state index in [4.69, 9.17) is 0 Å². The molecule has 0 aliphatic heterocycles. The number of hydrogen-bond acceptors (Lipinski definition) is 5. The van der Waals surface area contributed by atoms with E-state index in [0.29, 0.717) is 0 Å². The molecule has 0 saturated heterocycles. The van der Waals surface area contributed by atoms with Crippen molar-refractivity contribution >= 4 is 37.5 Å². The van der Waals surface area contributed by atoms with Crippen LogP contribution in [0, 0.1) is 6.92 Å². The number of fused-ring (bicyclic) bond motifs is 3. The molecule has 0 N–H and O–H groups in total. The van der Waals surface area contributed by atoms with Gasteiger partial charge in [0.15, 0.2) is 0 Å². The van der Waals surface area contributed by atoms with Gasteiger partial charge in [-0.25, -0.2) is 9.97 Å². The van der Waals surface area contributed by atoms with Crippen molar-refractivity contribution in [3.05, 3.63) is 28.4 Å². The Morgan fingerprint density at radius 2 is 1.88 bits per heavy atom. The summed E-state index contributed by atoms with van der Waals surface area (Å²) in [5.74, 6) is 0. The summed E-state index contributed by atoms with van der Waals surface area (Å²) < 4.78 is 2.48. The smallest absolute Gasteiger partial charge is 0.271 e. The highest BCUT2D eigenvalue weighted by atomic mass is 32.1. The van der Waals surface area contributed by atoms with Crippen LogP contribution in [0.2, 0.25) is 0 Å². The first-order valence-electron chi connectivity index (χ1n) is 9.49. The van der Waals surface area contributed by atoms with Crippen LogP contribution in [0.4, 0.5) is 5.69 Å². The lowest BCUT2D eigenvalue weighted by Crippen LogP contribution is -2.19. The second kappa shape index (κ2) is 8.16. The van der Waals surface area contributed by atoms with Gasteiger partial charge in [-0.3, -0.25) is 9.36 Å². The van der Waals surface area contributed by atoms with Gasteiger partial charge in [0.05, 0.1) is 22.9 Å². The lowest BCUT2D eigenvalue weighted by Gasteiger charge is -2.14. The Morgan fingerprint density at radius 3 is 2.62 bits per heavy atom. The fourth-order valence-electron chi connectivity index (χ4n) is 3.34. The summed E-state index contributed by atoms with van der Waals surface area (Å²) >= 11 is 1.46. The van der Waals surface area contributed by atoms with Crippen molar-refractivity contribution in [3.8, 4) is 0 Å². The van der Waals surface area contributed by atoms with Gasteiger partial charge in [-0.2, -0.15) is 0 Å². The zero-order valence-electron chi connectivity index (χ0n) is 16.2. The van der Waals surface area contributed by atoms with Crippen LogP contribution in [0.25, 0.3) is 20.4 Å². The zero-order valence-corrected chi connectivity index (χ0v) is 17.0. The van der Waals surface area contributed by atoms with Crippen molar-refractivity contribution in [3.63, 3.8) is 0 Å². The van der Waals surface area contributed by atoms with Crippen LogP contribution in [-0.2, 0) is 6.54 Å². The summed E-state index contributed by atoms with van der Waals surface area (Å²) in [4.78, 5) is 25.2. The Bertz CT molecular complexity index is 958. The number of nitrogens with zero attached hydrogens (tertiary/aromatic N) is 4. The third-order valence-electron chi connectivity index (χ3n) is 4.76. The summed E-state index contributed by atoms with van der Waals surface area (Å²) in [5.41, 5.74) is 2.87. The van der Waals surface area contributed by atoms with E-state index in [1.54, 1.807) is 10.9 Å². The van der Waals surface area contributed by atoms with Crippen molar-refractivity contribution in [2.45, 2.75) is 58.9 Å². The maximum absolute atomic E-state index is 12.9. The van der Waals surface area contributed by atoms with Crippen LogP contribution in [0.5, 0.6) is 0 Å². The quantitative estimate of drug-likeness (QED) is 0.536. The molecule has 0 radical (unpaired) electrons. The lowest BCUT2D eigenvalue weighted by atomic mass is 10.1. The number of aromatic nitrogens is 3. The molecule has 0 atom stereocenters. The van der Waals surface area contributed by atoms with Gasteiger partial charge in [-0.1, -0.05) is 39.0 Å². The highest BCUT2D eigenvalue weighted by Gasteiger charge is 2.17. The molecule has 6 heteroatoms. The van der Waals surface area contributed by atoms with Crippen LogP contribution in [0.3, 0.4) is 0 Å². The summed E-state index contributed by atoms with van der Waals surface area (Å²) in [6.07, 6.45) is 9.00. The van der Waals surface area contributed by atoms with E-state index in [2.05, 4.69) is 27.9 Å². The molecule has 5 nitrogen and oxygen atoms in total. The van der Waals surface area contributed by atoms with Crippen LogP contribution in [0.15, 0.2) is 17.2 Å². The fourth-order valence-corrected chi connectivity index (χ4v) is 4.48. The molecule has 3 heterocycles. The number of unbranched alkanes of at least 4 members (excludes halogenated alkanes) is 5. The Balaban J connectivity index is 1.91. The Hall–Kier alpha value is -1.95. The zero-order chi connectivity index (χ0) is 18.7.